The molecule has 0 spiro atoms. The first-order chi connectivity index (χ1) is 7.91. The number of rotatable bonds is 3. The zero-order valence-electron chi connectivity index (χ0n) is 11.3. The molecule has 1 aliphatic carbocycles. The average molecular weight is 254 g/mol. The Hall–Kier alpha value is -0.450. The van der Waals surface area contributed by atoms with Gasteiger partial charge in [0.1, 0.15) is 5.01 Å². The summed E-state index contributed by atoms with van der Waals surface area (Å²) in [7, 11) is 3.80. The molecule has 1 fully saturated rings. The highest BCUT2D eigenvalue weighted by molar-refractivity contribution is 7.09. The molecule has 0 saturated heterocycles. The molecule has 1 heterocycles. The van der Waals surface area contributed by atoms with Crippen LogP contribution in [0.5, 0.6) is 0 Å². The first-order valence-corrected chi connectivity index (χ1v) is 6.97. The Labute approximate surface area is 108 Å². The molecule has 0 radical (unpaired) electrons. The third-order valence-corrected chi connectivity index (χ3v) is 4.69. The van der Waals surface area contributed by atoms with E-state index in [1.165, 1.54) is 10.7 Å². The Bertz CT molecular complexity index is 388. The number of thiazole rings is 1. The van der Waals surface area contributed by atoms with E-state index in [2.05, 4.69) is 31.5 Å². The maximum Gasteiger partial charge on any atom is 0.113 e. The number of aromatic nitrogens is 1. The smallest absolute Gasteiger partial charge is 0.113 e. The summed E-state index contributed by atoms with van der Waals surface area (Å²) in [6, 6.07) is 0. The van der Waals surface area contributed by atoms with Crippen LogP contribution in [0.3, 0.4) is 0 Å². The van der Waals surface area contributed by atoms with Crippen molar-refractivity contribution in [1.82, 2.24) is 10.3 Å². The van der Waals surface area contributed by atoms with E-state index in [0.717, 1.165) is 12.8 Å². The highest BCUT2D eigenvalue weighted by Crippen LogP contribution is 2.44. The van der Waals surface area contributed by atoms with Crippen molar-refractivity contribution in [1.29, 1.82) is 0 Å². The monoisotopic (exact) mass is 254 g/mol. The van der Waals surface area contributed by atoms with Crippen molar-refractivity contribution in [2.75, 3.05) is 14.2 Å². The molecule has 1 aromatic heterocycles. The second kappa shape index (κ2) is 4.34. The number of methoxy groups -OCH3 is 1. The van der Waals surface area contributed by atoms with E-state index in [1.54, 1.807) is 18.4 Å². The zero-order chi connectivity index (χ0) is 12.7. The lowest BCUT2D eigenvalue weighted by Gasteiger charge is -2.45. The highest BCUT2D eigenvalue weighted by atomic mass is 32.1. The summed E-state index contributed by atoms with van der Waals surface area (Å²) in [5, 5.41) is 6.82. The fraction of sp³-hybridized carbons (Fsp3) is 0.769. The minimum Gasteiger partial charge on any atom is -0.381 e. The standard InChI is InChI=1S/C13H22N2OS/c1-12(2,3)10-8-17-11(15-10)13(14-4)6-9(7-13)16-5/h8-9,14H,6-7H2,1-5H3. The van der Waals surface area contributed by atoms with Crippen molar-refractivity contribution in [3.8, 4) is 0 Å². The Morgan fingerprint density at radius 1 is 1.47 bits per heavy atom. The van der Waals surface area contributed by atoms with Crippen LogP contribution in [-0.4, -0.2) is 25.2 Å². The Kier molecular flexibility index (Phi) is 3.31. The van der Waals surface area contributed by atoms with Crippen molar-refractivity contribution in [3.05, 3.63) is 16.1 Å². The lowest BCUT2D eigenvalue weighted by molar-refractivity contribution is -0.0301. The minimum atomic E-state index is 0.0504. The van der Waals surface area contributed by atoms with E-state index in [-0.39, 0.29) is 11.0 Å². The summed E-state index contributed by atoms with van der Waals surface area (Å²) < 4.78 is 5.38. The van der Waals surface area contributed by atoms with Crippen LogP contribution < -0.4 is 5.32 Å². The van der Waals surface area contributed by atoms with Crippen LogP contribution >= 0.6 is 11.3 Å². The Morgan fingerprint density at radius 2 is 2.12 bits per heavy atom. The molecule has 4 heteroatoms. The van der Waals surface area contributed by atoms with Gasteiger partial charge in [-0.2, -0.15) is 0 Å². The summed E-state index contributed by atoms with van der Waals surface area (Å²) in [5.74, 6) is 0. The molecule has 2 rings (SSSR count). The summed E-state index contributed by atoms with van der Waals surface area (Å²) >= 11 is 1.77. The van der Waals surface area contributed by atoms with Crippen LogP contribution in [0, 0.1) is 0 Å². The lowest BCUT2D eigenvalue weighted by Crippen LogP contribution is -2.54. The molecule has 96 valence electrons. The fourth-order valence-electron chi connectivity index (χ4n) is 2.21. The van der Waals surface area contributed by atoms with Gasteiger partial charge in [-0.05, 0) is 19.9 Å². The van der Waals surface area contributed by atoms with Crippen molar-refractivity contribution in [3.63, 3.8) is 0 Å². The van der Waals surface area contributed by atoms with Gasteiger partial charge in [-0.3, -0.25) is 0 Å². The van der Waals surface area contributed by atoms with Crippen molar-refractivity contribution >= 4 is 11.3 Å². The van der Waals surface area contributed by atoms with E-state index in [1.807, 2.05) is 7.05 Å². The van der Waals surface area contributed by atoms with Crippen molar-refractivity contribution in [2.45, 2.75) is 50.7 Å². The van der Waals surface area contributed by atoms with E-state index in [4.69, 9.17) is 9.72 Å². The summed E-state index contributed by atoms with van der Waals surface area (Å²) in [6.07, 6.45) is 2.43. The number of ether oxygens (including phenoxy) is 1. The van der Waals surface area contributed by atoms with Crippen LogP contribution in [0.25, 0.3) is 0 Å². The number of hydrogen-bond donors (Lipinski definition) is 1. The third-order valence-electron chi connectivity index (χ3n) is 3.65. The van der Waals surface area contributed by atoms with Crippen LogP contribution in [0.1, 0.15) is 44.3 Å². The van der Waals surface area contributed by atoms with E-state index < -0.39 is 0 Å². The molecule has 1 saturated carbocycles. The predicted octanol–water partition coefficient (Wildman–Crippen LogP) is 2.66. The second-order valence-electron chi connectivity index (χ2n) is 5.89. The van der Waals surface area contributed by atoms with Gasteiger partial charge in [0.15, 0.2) is 0 Å². The highest BCUT2D eigenvalue weighted by Gasteiger charge is 2.47. The molecular formula is C13H22N2OS. The SMILES string of the molecule is CNC1(c2nc(C(C)(C)C)cs2)CC(OC)C1. The van der Waals surface area contributed by atoms with E-state index in [9.17, 15) is 0 Å². The second-order valence-corrected chi connectivity index (χ2v) is 6.74. The molecular weight excluding hydrogens is 232 g/mol. The van der Waals surface area contributed by atoms with Crippen LogP contribution in [0.2, 0.25) is 0 Å². The average Bonchev–Trinajstić information content (AvgIpc) is 2.66. The van der Waals surface area contributed by atoms with E-state index >= 15 is 0 Å². The van der Waals surface area contributed by atoms with Gasteiger partial charge in [-0.15, -0.1) is 11.3 Å². The number of nitrogens with zero attached hydrogens (tertiary/aromatic N) is 1. The van der Waals surface area contributed by atoms with Gasteiger partial charge in [0.25, 0.3) is 0 Å². The molecule has 0 aromatic carbocycles. The molecule has 0 bridgehead atoms. The van der Waals surface area contributed by atoms with Crippen LogP contribution in [-0.2, 0) is 15.7 Å². The van der Waals surface area contributed by atoms with Gasteiger partial charge in [-0.25, -0.2) is 4.98 Å². The Morgan fingerprint density at radius 3 is 2.53 bits per heavy atom. The molecule has 1 aromatic rings. The van der Waals surface area contributed by atoms with Crippen LogP contribution in [0.4, 0.5) is 0 Å². The van der Waals surface area contributed by atoms with Gasteiger partial charge in [-0.1, -0.05) is 20.8 Å². The first-order valence-electron chi connectivity index (χ1n) is 6.09. The summed E-state index contributed by atoms with van der Waals surface area (Å²) in [6.45, 7) is 6.61. The first kappa shape index (κ1) is 13.0. The molecule has 17 heavy (non-hydrogen) atoms. The fourth-order valence-corrected chi connectivity index (χ4v) is 3.48. The minimum absolute atomic E-state index is 0.0504. The molecule has 0 atom stereocenters. The normalized spacial score (nSPS) is 29.1. The molecule has 0 unspecified atom stereocenters. The third kappa shape index (κ3) is 2.26. The van der Waals surface area contributed by atoms with E-state index in [0.29, 0.717) is 6.10 Å². The van der Waals surface area contributed by atoms with Gasteiger partial charge < -0.3 is 10.1 Å². The summed E-state index contributed by atoms with van der Waals surface area (Å²) in [4.78, 5) is 4.82. The van der Waals surface area contributed by atoms with Gasteiger partial charge >= 0.3 is 0 Å². The summed E-state index contributed by atoms with van der Waals surface area (Å²) in [5.41, 5.74) is 1.37. The zero-order valence-corrected chi connectivity index (χ0v) is 12.1. The van der Waals surface area contributed by atoms with Gasteiger partial charge in [0, 0.05) is 17.9 Å². The van der Waals surface area contributed by atoms with Crippen molar-refractivity contribution < 1.29 is 4.74 Å². The molecule has 1 aliphatic rings. The largest absolute Gasteiger partial charge is 0.381 e. The molecule has 3 nitrogen and oxygen atoms in total. The quantitative estimate of drug-likeness (QED) is 0.900. The molecule has 0 amide bonds. The number of nitrogens with one attached hydrogen (secondary N) is 1. The topological polar surface area (TPSA) is 34.2 Å². The molecule has 0 aliphatic heterocycles. The Balaban J connectivity index is 2.20. The van der Waals surface area contributed by atoms with Crippen LogP contribution in [0.15, 0.2) is 5.38 Å². The molecule has 1 N–H and O–H groups in total. The maximum absolute atomic E-state index is 5.38. The lowest BCUT2D eigenvalue weighted by atomic mass is 9.74. The van der Waals surface area contributed by atoms with Crippen molar-refractivity contribution in [2.24, 2.45) is 0 Å². The van der Waals surface area contributed by atoms with Gasteiger partial charge in [0.2, 0.25) is 0 Å². The van der Waals surface area contributed by atoms with Gasteiger partial charge in [0.05, 0.1) is 17.3 Å². The number of hydrogen-bond acceptors (Lipinski definition) is 4. The maximum atomic E-state index is 5.38. The predicted molar refractivity (Wildman–Crippen MR) is 71.6 cm³/mol.